The van der Waals surface area contributed by atoms with Gasteiger partial charge in [-0.3, -0.25) is 9.89 Å². The zero-order chi connectivity index (χ0) is 18.1. The van der Waals surface area contributed by atoms with Gasteiger partial charge < -0.3 is 15.4 Å². The Balaban J connectivity index is 2.04. The van der Waals surface area contributed by atoms with Crippen LogP contribution in [0.25, 0.3) is 0 Å². The quantitative estimate of drug-likeness (QED) is 0.548. The molecule has 0 aliphatic carbocycles. The molecule has 2 heterocycles. The van der Waals surface area contributed by atoms with Gasteiger partial charge in [0.15, 0.2) is 5.96 Å². The molecule has 0 saturated carbocycles. The summed E-state index contributed by atoms with van der Waals surface area (Å²) in [5, 5.41) is 6.84. The first-order valence-corrected chi connectivity index (χ1v) is 10.3. The van der Waals surface area contributed by atoms with Gasteiger partial charge in [0.1, 0.15) is 0 Å². The average molecular weight is 367 g/mol. The van der Waals surface area contributed by atoms with Crippen LogP contribution in [-0.4, -0.2) is 56.8 Å². The van der Waals surface area contributed by atoms with Crippen LogP contribution in [0.5, 0.6) is 0 Å². The van der Waals surface area contributed by atoms with Crippen LogP contribution >= 0.6 is 11.3 Å². The summed E-state index contributed by atoms with van der Waals surface area (Å²) in [7, 11) is 0. The molecule has 6 heteroatoms. The molecule has 0 bridgehead atoms. The summed E-state index contributed by atoms with van der Waals surface area (Å²) in [4.78, 5) is 10.2. The molecular formula is C19H34N4OS. The van der Waals surface area contributed by atoms with Crippen LogP contribution in [0.4, 0.5) is 0 Å². The van der Waals surface area contributed by atoms with Crippen LogP contribution in [0.15, 0.2) is 17.1 Å². The molecular weight excluding hydrogens is 332 g/mol. The van der Waals surface area contributed by atoms with E-state index >= 15 is 0 Å². The minimum atomic E-state index is 0.336. The number of guanidine groups is 1. The summed E-state index contributed by atoms with van der Waals surface area (Å²) < 4.78 is 5.53. The molecule has 5 nitrogen and oxygen atoms in total. The zero-order valence-corrected chi connectivity index (χ0v) is 17.0. The largest absolute Gasteiger partial charge is 0.379 e. The van der Waals surface area contributed by atoms with E-state index in [1.54, 1.807) is 0 Å². The third-order valence-corrected chi connectivity index (χ3v) is 5.46. The molecule has 1 aliphatic rings. The third-order valence-electron chi connectivity index (χ3n) is 4.36. The Labute approximate surface area is 156 Å². The predicted molar refractivity (Wildman–Crippen MR) is 108 cm³/mol. The van der Waals surface area contributed by atoms with Gasteiger partial charge in [0, 0.05) is 35.9 Å². The van der Waals surface area contributed by atoms with Gasteiger partial charge in [0.2, 0.25) is 0 Å². The highest BCUT2D eigenvalue weighted by molar-refractivity contribution is 7.12. The lowest BCUT2D eigenvalue weighted by atomic mass is 10.1. The van der Waals surface area contributed by atoms with Crippen molar-refractivity contribution >= 4 is 17.3 Å². The van der Waals surface area contributed by atoms with Crippen molar-refractivity contribution in [1.82, 2.24) is 15.5 Å². The number of ether oxygens (including phenoxy) is 1. The predicted octanol–water partition coefficient (Wildman–Crippen LogP) is 3.03. The molecule has 1 fully saturated rings. The Morgan fingerprint density at radius 3 is 2.64 bits per heavy atom. The monoisotopic (exact) mass is 366 g/mol. The van der Waals surface area contributed by atoms with E-state index in [9.17, 15) is 0 Å². The number of morpholine rings is 1. The van der Waals surface area contributed by atoms with E-state index in [1.165, 1.54) is 9.75 Å². The van der Waals surface area contributed by atoms with E-state index in [0.29, 0.717) is 12.0 Å². The van der Waals surface area contributed by atoms with Gasteiger partial charge in [-0.05, 0) is 38.3 Å². The van der Waals surface area contributed by atoms with Crippen molar-refractivity contribution in [3.8, 4) is 0 Å². The summed E-state index contributed by atoms with van der Waals surface area (Å²) in [6, 6.07) is 4.81. The second kappa shape index (κ2) is 10.8. The fourth-order valence-corrected chi connectivity index (χ4v) is 3.91. The van der Waals surface area contributed by atoms with Crippen molar-refractivity contribution in [3.63, 3.8) is 0 Å². The van der Waals surface area contributed by atoms with Crippen molar-refractivity contribution in [1.29, 1.82) is 0 Å². The van der Waals surface area contributed by atoms with Crippen LogP contribution in [0.2, 0.25) is 0 Å². The lowest BCUT2D eigenvalue weighted by Gasteiger charge is -2.33. The molecule has 1 atom stereocenters. The molecule has 1 aromatic heterocycles. The molecule has 1 unspecified atom stereocenters. The number of aliphatic imine (C=N–C) groups is 1. The molecule has 1 aromatic rings. The fourth-order valence-electron chi connectivity index (χ4n) is 2.91. The van der Waals surface area contributed by atoms with Crippen LogP contribution in [0, 0.1) is 12.8 Å². The van der Waals surface area contributed by atoms with Crippen LogP contribution in [0.1, 0.15) is 43.0 Å². The summed E-state index contributed by atoms with van der Waals surface area (Å²) in [6.45, 7) is 15.0. The minimum Gasteiger partial charge on any atom is -0.379 e. The maximum absolute atomic E-state index is 5.53. The van der Waals surface area contributed by atoms with Crippen molar-refractivity contribution in [2.45, 2.75) is 40.2 Å². The topological polar surface area (TPSA) is 48.9 Å². The Kier molecular flexibility index (Phi) is 8.72. The lowest BCUT2D eigenvalue weighted by Crippen LogP contribution is -2.41. The summed E-state index contributed by atoms with van der Waals surface area (Å²) in [6.07, 6.45) is 1.15. The number of nitrogens with zero attached hydrogens (tertiary/aromatic N) is 2. The van der Waals surface area contributed by atoms with E-state index < -0.39 is 0 Å². The smallest absolute Gasteiger partial charge is 0.191 e. The van der Waals surface area contributed by atoms with Crippen LogP contribution < -0.4 is 10.6 Å². The molecule has 0 radical (unpaired) electrons. The number of hydrogen-bond donors (Lipinski definition) is 2. The second-order valence-electron chi connectivity index (χ2n) is 6.94. The van der Waals surface area contributed by atoms with Gasteiger partial charge >= 0.3 is 0 Å². The highest BCUT2D eigenvalue weighted by Gasteiger charge is 2.23. The highest BCUT2D eigenvalue weighted by atomic mass is 32.1. The van der Waals surface area contributed by atoms with Gasteiger partial charge in [-0.2, -0.15) is 0 Å². The number of rotatable bonds is 8. The molecule has 1 aliphatic heterocycles. The Morgan fingerprint density at radius 1 is 1.28 bits per heavy atom. The van der Waals surface area contributed by atoms with Gasteiger partial charge in [0.25, 0.3) is 0 Å². The highest BCUT2D eigenvalue weighted by Crippen LogP contribution is 2.28. The van der Waals surface area contributed by atoms with Crippen molar-refractivity contribution in [2.24, 2.45) is 10.9 Å². The lowest BCUT2D eigenvalue weighted by molar-refractivity contribution is 0.0186. The molecule has 25 heavy (non-hydrogen) atoms. The van der Waals surface area contributed by atoms with E-state index in [1.807, 2.05) is 11.3 Å². The summed E-state index contributed by atoms with van der Waals surface area (Å²) in [5.41, 5.74) is 0. The van der Waals surface area contributed by atoms with Crippen molar-refractivity contribution in [2.75, 3.05) is 45.9 Å². The standard InChI is InChI=1S/C19H34N4OS/c1-5-20-19(21-9-8-15(2)3)22-14-17(18-7-6-16(4)25-18)23-10-12-24-13-11-23/h6-7,15,17H,5,8-14H2,1-4H3,(H2,20,21,22). The first-order valence-electron chi connectivity index (χ1n) is 9.50. The normalized spacial score (nSPS) is 17.7. The number of hydrogen-bond acceptors (Lipinski definition) is 4. The summed E-state index contributed by atoms with van der Waals surface area (Å²) in [5.74, 6) is 1.63. The van der Waals surface area contributed by atoms with Crippen molar-refractivity contribution in [3.05, 3.63) is 21.9 Å². The van der Waals surface area contributed by atoms with Gasteiger partial charge in [0.05, 0.1) is 25.8 Å². The third kappa shape index (κ3) is 6.96. The molecule has 0 amide bonds. The van der Waals surface area contributed by atoms with E-state index in [2.05, 4.69) is 55.4 Å². The number of aryl methyl sites for hydroxylation is 1. The zero-order valence-electron chi connectivity index (χ0n) is 16.2. The van der Waals surface area contributed by atoms with E-state index in [0.717, 1.165) is 58.3 Å². The molecule has 0 spiro atoms. The fraction of sp³-hybridized carbons (Fsp3) is 0.737. The van der Waals surface area contributed by atoms with Gasteiger partial charge in [-0.25, -0.2) is 0 Å². The molecule has 2 rings (SSSR count). The number of nitrogens with one attached hydrogen (secondary N) is 2. The molecule has 2 N–H and O–H groups in total. The van der Waals surface area contributed by atoms with Crippen LogP contribution in [0.3, 0.4) is 0 Å². The van der Waals surface area contributed by atoms with Crippen molar-refractivity contribution < 1.29 is 4.74 Å². The first kappa shape index (κ1) is 20.2. The maximum atomic E-state index is 5.53. The minimum absolute atomic E-state index is 0.336. The second-order valence-corrected chi connectivity index (χ2v) is 8.26. The van der Waals surface area contributed by atoms with Gasteiger partial charge in [-0.15, -0.1) is 11.3 Å². The Bertz CT molecular complexity index is 523. The molecule has 142 valence electrons. The molecule has 1 saturated heterocycles. The number of thiophene rings is 1. The maximum Gasteiger partial charge on any atom is 0.191 e. The average Bonchev–Trinajstić information content (AvgIpc) is 3.02. The first-order chi connectivity index (χ1) is 12.1. The summed E-state index contributed by atoms with van der Waals surface area (Å²) >= 11 is 1.88. The van der Waals surface area contributed by atoms with Crippen LogP contribution in [-0.2, 0) is 4.74 Å². The SMILES string of the molecule is CCNC(=NCC(c1ccc(C)s1)N1CCOCC1)NCCC(C)C. The van der Waals surface area contributed by atoms with Gasteiger partial charge in [-0.1, -0.05) is 13.8 Å². The Hall–Kier alpha value is -1.11. The van der Waals surface area contributed by atoms with E-state index in [-0.39, 0.29) is 0 Å². The Morgan fingerprint density at radius 2 is 2.04 bits per heavy atom. The molecule has 0 aromatic carbocycles. The van der Waals surface area contributed by atoms with E-state index in [4.69, 9.17) is 9.73 Å².